The minimum Gasteiger partial charge on any atom is -0.155 e. The average Bonchev–Trinajstić information content (AvgIpc) is 2.38. The van der Waals surface area contributed by atoms with Crippen molar-refractivity contribution in [1.82, 2.24) is 0 Å². The first-order valence-electron chi connectivity index (χ1n) is 9.53. The van der Waals surface area contributed by atoms with E-state index in [1.54, 1.807) is 0 Å². The zero-order valence-electron chi connectivity index (χ0n) is 15.3. The second-order valence-corrected chi connectivity index (χ2v) is 10.3. The number of hydrogen-bond donors (Lipinski definition) is 0. The molecular formula is C20H38S. The monoisotopic (exact) mass is 310 g/mol. The number of hydrogen-bond acceptors (Lipinski definition) is 1. The Hall–Kier alpha value is 0.350. The highest BCUT2D eigenvalue weighted by atomic mass is 32.2. The Morgan fingerprint density at radius 3 is 1.38 bits per heavy atom. The quantitative estimate of drug-likeness (QED) is 0.560. The molecular weight excluding hydrogens is 272 g/mol. The highest BCUT2D eigenvalue weighted by molar-refractivity contribution is 8.00. The molecule has 1 heteroatoms. The molecule has 0 N–H and O–H groups in total. The van der Waals surface area contributed by atoms with Crippen LogP contribution in [0.25, 0.3) is 0 Å². The van der Waals surface area contributed by atoms with Crippen molar-refractivity contribution in [3.8, 4) is 0 Å². The van der Waals surface area contributed by atoms with E-state index in [1.807, 2.05) is 0 Å². The maximum Gasteiger partial charge on any atom is 0.00831 e. The Balaban J connectivity index is 2.04. The zero-order chi connectivity index (χ0) is 15.6. The van der Waals surface area contributed by atoms with Crippen LogP contribution in [0.2, 0.25) is 0 Å². The molecule has 0 spiro atoms. The summed E-state index contributed by atoms with van der Waals surface area (Å²) in [4.78, 5) is 0. The van der Waals surface area contributed by atoms with E-state index in [2.05, 4.69) is 53.3 Å². The summed E-state index contributed by atoms with van der Waals surface area (Å²) in [6.07, 6.45) is 8.84. The topological polar surface area (TPSA) is 0 Å². The van der Waals surface area contributed by atoms with Gasteiger partial charge in [0.25, 0.3) is 0 Å². The lowest BCUT2D eigenvalue weighted by atomic mass is 9.76. The third kappa shape index (κ3) is 4.66. The second kappa shape index (κ2) is 7.75. The van der Waals surface area contributed by atoms with E-state index in [0.29, 0.717) is 0 Å². The lowest BCUT2D eigenvalue weighted by molar-refractivity contribution is 0.229. The molecule has 6 atom stereocenters. The molecule has 0 saturated heterocycles. The summed E-state index contributed by atoms with van der Waals surface area (Å²) < 4.78 is 0. The molecule has 0 aliphatic heterocycles. The van der Waals surface area contributed by atoms with Crippen LogP contribution in [-0.2, 0) is 0 Å². The van der Waals surface area contributed by atoms with Crippen molar-refractivity contribution in [3.63, 3.8) is 0 Å². The van der Waals surface area contributed by atoms with Gasteiger partial charge in [-0.2, -0.15) is 11.8 Å². The van der Waals surface area contributed by atoms with Gasteiger partial charge in [-0.15, -0.1) is 0 Å². The summed E-state index contributed by atoms with van der Waals surface area (Å²) in [5, 5.41) is 1.87. The van der Waals surface area contributed by atoms with Gasteiger partial charge >= 0.3 is 0 Å². The van der Waals surface area contributed by atoms with E-state index in [9.17, 15) is 0 Å². The van der Waals surface area contributed by atoms with Crippen molar-refractivity contribution in [2.45, 2.75) is 90.6 Å². The van der Waals surface area contributed by atoms with E-state index in [0.717, 1.165) is 46.0 Å². The predicted molar refractivity (Wildman–Crippen MR) is 97.9 cm³/mol. The molecule has 6 unspecified atom stereocenters. The molecule has 0 heterocycles. The van der Waals surface area contributed by atoms with Crippen molar-refractivity contribution in [1.29, 1.82) is 0 Å². The van der Waals surface area contributed by atoms with Gasteiger partial charge in [0, 0.05) is 10.5 Å². The zero-order valence-corrected chi connectivity index (χ0v) is 16.1. The standard InChI is InChI=1S/C20H38S/c1-13(2)17-9-7-15(5)11-19(17)21-20-12-16(6)8-10-18(20)14(3)4/h13-20H,7-12H2,1-6H3. The normalized spacial score (nSPS) is 41.7. The molecule has 124 valence electrons. The van der Waals surface area contributed by atoms with Crippen LogP contribution in [0, 0.1) is 35.5 Å². The van der Waals surface area contributed by atoms with Crippen LogP contribution < -0.4 is 0 Å². The lowest BCUT2D eigenvalue weighted by Crippen LogP contribution is -2.36. The highest BCUT2D eigenvalue weighted by Crippen LogP contribution is 2.47. The van der Waals surface area contributed by atoms with Gasteiger partial charge < -0.3 is 0 Å². The Bertz CT molecular complexity index is 279. The van der Waals surface area contributed by atoms with Gasteiger partial charge in [-0.25, -0.2) is 0 Å². The van der Waals surface area contributed by atoms with Crippen LogP contribution >= 0.6 is 11.8 Å². The molecule has 0 aromatic rings. The van der Waals surface area contributed by atoms with Crippen molar-refractivity contribution in [3.05, 3.63) is 0 Å². The van der Waals surface area contributed by atoms with Crippen LogP contribution in [-0.4, -0.2) is 10.5 Å². The van der Waals surface area contributed by atoms with Gasteiger partial charge in [-0.05, 0) is 61.2 Å². The van der Waals surface area contributed by atoms with Crippen LogP contribution in [0.4, 0.5) is 0 Å². The van der Waals surface area contributed by atoms with Crippen molar-refractivity contribution in [2.24, 2.45) is 35.5 Å². The molecule has 2 aliphatic carbocycles. The van der Waals surface area contributed by atoms with Gasteiger partial charge in [-0.1, -0.05) is 54.4 Å². The van der Waals surface area contributed by atoms with Crippen LogP contribution in [0.5, 0.6) is 0 Å². The minimum absolute atomic E-state index is 0.869. The summed E-state index contributed by atoms with van der Waals surface area (Å²) in [7, 11) is 0. The van der Waals surface area contributed by atoms with Gasteiger partial charge in [0.15, 0.2) is 0 Å². The van der Waals surface area contributed by atoms with Gasteiger partial charge in [0.2, 0.25) is 0 Å². The SMILES string of the molecule is CC1CCC(C(C)C)C(SC2CC(C)CCC2C(C)C)C1. The molecule has 2 aliphatic rings. The fraction of sp³-hybridized carbons (Fsp3) is 1.00. The van der Waals surface area contributed by atoms with Gasteiger partial charge in [0.05, 0.1) is 0 Å². The van der Waals surface area contributed by atoms with E-state index in [4.69, 9.17) is 0 Å². The summed E-state index contributed by atoms with van der Waals surface area (Å²) in [5.41, 5.74) is 0. The molecule has 0 amide bonds. The van der Waals surface area contributed by atoms with E-state index in [1.165, 1.54) is 38.5 Å². The van der Waals surface area contributed by atoms with Crippen LogP contribution in [0.15, 0.2) is 0 Å². The molecule has 0 nitrogen and oxygen atoms in total. The summed E-state index contributed by atoms with van der Waals surface area (Å²) in [6, 6.07) is 0. The van der Waals surface area contributed by atoms with Crippen LogP contribution in [0.3, 0.4) is 0 Å². The van der Waals surface area contributed by atoms with E-state index < -0.39 is 0 Å². The minimum atomic E-state index is 0.869. The largest absolute Gasteiger partial charge is 0.155 e. The molecule has 2 fully saturated rings. The van der Waals surface area contributed by atoms with Crippen molar-refractivity contribution >= 4 is 11.8 Å². The second-order valence-electron chi connectivity index (χ2n) is 8.87. The first kappa shape index (κ1) is 17.7. The molecule has 0 aromatic carbocycles. The van der Waals surface area contributed by atoms with Gasteiger partial charge in [0.1, 0.15) is 0 Å². The first-order chi connectivity index (χ1) is 9.88. The third-order valence-corrected chi connectivity index (χ3v) is 8.06. The van der Waals surface area contributed by atoms with Crippen molar-refractivity contribution < 1.29 is 0 Å². The first-order valence-corrected chi connectivity index (χ1v) is 10.5. The summed E-state index contributed by atoms with van der Waals surface area (Å²) in [6.45, 7) is 14.8. The maximum absolute atomic E-state index is 2.48. The highest BCUT2D eigenvalue weighted by Gasteiger charge is 2.37. The fourth-order valence-corrected chi connectivity index (χ4v) is 7.40. The Labute approximate surface area is 138 Å². The molecule has 2 saturated carbocycles. The molecule has 21 heavy (non-hydrogen) atoms. The fourth-order valence-electron chi connectivity index (χ4n) is 4.77. The Kier molecular flexibility index (Phi) is 6.53. The Morgan fingerprint density at radius 2 is 1.05 bits per heavy atom. The van der Waals surface area contributed by atoms with Gasteiger partial charge in [-0.3, -0.25) is 0 Å². The van der Waals surface area contributed by atoms with E-state index in [-0.39, 0.29) is 0 Å². The van der Waals surface area contributed by atoms with Crippen LogP contribution in [0.1, 0.15) is 80.1 Å². The maximum atomic E-state index is 2.48. The molecule has 0 radical (unpaired) electrons. The Morgan fingerprint density at radius 1 is 0.667 bits per heavy atom. The smallest absolute Gasteiger partial charge is 0.00831 e. The van der Waals surface area contributed by atoms with E-state index >= 15 is 0 Å². The third-order valence-electron chi connectivity index (χ3n) is 6.27. The van der Waals surface area contributed by atoms with Crippen molar-refractivity contribution in [2.75, 3.05) is 0 Å². The molecule has 0 aromatic heterocycles. The lowest BCUT2D eigenvalue weighted by Gasteiger charge is -2.43. The summed E-state index contributed by atoms with van der Waals surface area (Å²) in [5.74, 6) is 5.58. The summed E-state index contributed by atoms with van der Waals surface area (Å²) >= 11 is 2.42. The molecule has 2 rings (SSSR count). The number of rotatable bonds is 4. The predicted octanol–water partition coefficient (Wildman–Crippen LogP) is 6.64. The number of thioether (sulfide) groups is 1. The molecule has 0 bridgehead atoms. The average molecular weight is 311 g/mol.